The monoisotopic (exact) mass is 560 g/mol. The third-order valence-corrected chi connectivity index (χ3v) is 8.67. The maximum Gasteiger partial charge on any atom is 0.329 e. The number of amides is 4. The Kier molecular flexibility index (Phi) is 11.1. The van der Waals surface area contributed by atoms with Crippen molar-refractivity contribution in [1.29, 1.82) is 0 Å². The molecular weight excluding hydrogens is 524 g/mol. The van der Waals surface area contributed by atoms with Crippen LogP contribution in [-0.2, 0) is 38.2 Å². The fourth-order valence-corrected chi connectivity index (χ4v) is 5.99. The van der Waals surface area contributed by atoms with Crippen LogP contribution in [0.3, 0.4) is 0 Å². The van der Waals surface area contributed by atoms with Crippen molar-refractivity contribution >= 4 is 57.2 Å². The zero-order valence-corrected chi connectivity index (χ0v) is 23.5. The van der Waals surface area contributed by atoms with E-state index in [-0.39, 0.29) is 36.2 Å². The van der Waals surface area contributed by atoms with Crippen molar-refractivity contribution in [1.82, 2.24) is 21.3 Å². The molecule has 4 N–H and O–H groups in total. The van der Waals surface area contributed by atoms with E-state index < -0.39 is 65.1 Å². The van der Waals surface area contributed by atoms with E-state index in [1.165, 1.54) is 35.8 Å². The number of esters is 2. The third kappa shape index (κ3) is 7.76. The molecule has 1 spiro atoms. The Morgan fingerprint density at radius 2 is 1.08 bits per heavy atom. The lowest BCUT2D eigenvalue weighted by Crippen LogP contribution is -2.59. The van der Waals surface area contributed by atoms with Gasteiger partial charge in [-0.1, -0.05) is 49.3 Å². The molecule has 0 aromatic carbocycles. The van der Waals surface area contributed by atoms with E-state index in [4.69, 9.17) is 9.47 Å². The molecule has 1 saturated carbocycles. The molecule has 4 atom stereocenters. The molecule has 12 nitrogen and oxygen atoms in total. The molecular formula is C23H36N4O8S2. The summed E-state index contributed by atoms with van der Waals surface area (Å²) in [6, 6.07) is -4.07. The molecule has 0 bridgehead atoms. The van der Waals surface area contributed by atoms with Crippen LogP contribution in [-0.4, -0.2) is 85.5 Å². The minimum absolute atomic E-state index is 0.0995. The first-order valence-electron chi connectivity index (χ1n) is 12.0. The minimum Gasteiger partial charge on any atom is -0.467 e. The van der Waals surface area contributed by atoms with Crippen molar-refractivity contribution < 1.29 is 38.2 Å². The summed E-state index contributed by atoms with van der Waals surface area (Å²) >= 11 is 0. The number of nitrogens with one attached hydrogen (secondary N) is 4. The summed E-state index contributed by atoms with van der Waals surface area (Å²) in [7, 11) is 4.77. The van der Waals surface area contributed by atoms with Gasteiger partial charge in [0, 0.05) is 11.5 Å². The van der Waals surface area contributed by atoms with Crippen molar-refractivity contribution in [2.75, 3.05) is 25.7 Å². The summed E-state index contributed by atoms with van der Waals surface area (Å²) in [6.45, 7) is 6.93. The Hall–Kier alpha value is -2.48. The van der Waals surface area contributed by atoms with Gasteiger partial charge in [0.15, 0.2) is 0 Å². The second-order valence-corrected chi connectivity index (χ2v) is 12.3. The van der Waals surface area contributed by atoms with Crippen LogP contribution in [0.25, 0.3) is 0 Å². The van der Waals surface area contributed by atoms with Crippen LogP contribution in [0.2, 0.25) is 0 Å². The molecule has 37 heavy (non-hydrogen) atoms. The number of rotatable bonds is 4. The van der Waals surface area contributed by atoms with E-state index in [0.717, 1.165) is 0 Å². The Balaban J connectivity index is 2.41. The van der Waals surface area contributed by atoms with Crippen LogP contribution in [0.15, 0.2) is 0 Å². The minimum atomic E-state index is -1.41. The van der Waals surface area contributed by atoms with Crippen LogP contribution >= 0.6 is 21.6 Å². The van der Waals surface area contributed by atoms with Crippen molar-refractivity contribution in [3.63, 3.8) is 0 Å². The molecule has 1 saturated heterocycles. The van der Waals surface area contributed by atoms with Gasteiger partial charge < -0.3 is 30.7 Å². The highest BCUT2D eigenvalue weighted by Gasteiger charge is 2.58. The topological polar surface area (TPSA) is 169 Å². The molecule has 0 aromatic rings. The SMILES string of the molecule is COC(=O)C1CSSCC(C(=O)OC)NC(=O)C(C(C)C)NC(=O)C2(CC2)C(=O)NC(C(C)C)C(=O)N1. The summed E-state index contributed by atoms with van der Waals surface area (Å²) in [5.41, 5.74) is -1.41. The highest BCUT2D eigenvalue weighted by atomic mass is 33.1. The summed E-state index contributed by atoms with van der Waals surface area (Å²) < 4.78 is 9.62. The third-order valence-electron chi connectivity index (χ3n) is 6.25. The fraction of sp³-hybridized carbons (Fsp3) is 0.739. The van der Waals surface area contributed by atoms with Crippen LogP contribution < -0.4 is 21.3 Å². The quantitative estimate of drug-likeness (QED) is 0.204. The Bertz CT molecular complexity index is 841. The van der Waals surface area contributed by atoms with Crippen LogP contribution in [0.5, 0.6) is 0 Å². The van der Waals surface area contributed by atoms with Crippen LogP contribution in [0.4, 0.5) is 0 Å². The number of methoxy groups -OCH3 is 2. The van der Waals surface area contributed by atoms with E-state index in [0.29, 0.717) is 0 Å². The van der Waals surface area contributed by atoms with Crippen molar-refractivity contribution in [2.24, 2.45) is 17.3 Å². The molecule has 1 heterocycles. The maximum absolute atomic E-state index is 13.2. The summed E-state index contributed by atoms with van der Waals surface area (Å²) in [6.07, 6.45) is 0.513. The van der Waals surface area contributed by atoms with Gasteiger partial charge in [-0.25, -0.2) is 9.59 Å². The zero-order chi connectivity index (χ0) is 27.9. The summed E-state index contributed by atoms with van der Waals surface area (Å²) in [4.78, 5) is 77.3. The Labute approximate surface area is 224 Å². The number of carbonyl (C=O) groups excluding carboxylic acids is 6. The lowest BCUT2D eigenvalue weighted by Gasteiger charge is -2.28. The molecule has 4 unspecified atom stereocenters. The van der Waals surface area contributed by atoms with Gasteiger partial charge in [0.25, 0.3) is 0 Å². The maximum atomic E-state index is 13.2. The van der Waals surface area contributed by atoms with E-state index in [2.05, 4.69) is 21.3 Å². The van der Waals surface area contributed by atoms with Crippen molar-refractivity contribution in [3.8, 4) is 0 Å². The highest BCUT2D eigenvalue weighted by molar-refractivity contribution is 8.76. The predicted molar refractivity (Wildman–Crippen MR) is 138 cm³/mol. The summed E-state index contributed by atoms with van der Waals surface area (Å²) in [5, 5.41) is 10.6. The molecule has 2 fully saturated rings. The molecule has 0 radical (unpaired) electrons. The van der Waals surface area contributed by atoms with Gasteiger partial charge in [0.2, 0.25) is 23.6 Å². The number of hydrogen-bond donors (Lipinski definition) is 4. The molecule has 4 amide bonds. The first-order valence-corrected chi connectivity index (χ1v) is 14.5. The van der Waals surface area contributed by atoms with Crippen LogP contribution in [0.1, 0.15) is 40.5 Å². The highest BCUT2D eigenvalue weighted by Crippen LogP contribution is 2.46. The largest absolute Gasteiger partial charge is 0.467 e. The first kappa shape index (κ1) is 30.7. The predicted octanol–water partition coefficient (Wildman–Crippen LogP) is -0.241. The molecule has 14 heteroatoms. The molecule has 1 aliphatic carbocycles. The number of hydrogen-bond acceptors (Lipinski definition) is 10. The van der Waals surface area contributed by atoms with E-state index in [1.54, 1.807) is 27.7 Å². The lowest BCUT2D eigenvalue weighted by molar-refractivity contribution is -0.145. The van der Waals surface area contributed by atoms with Gasteiger partial charge in [0.1, 0.15) is 29.6 Å². The standard InChI is InChI=1S/C23H36N4O8S2/c1-11(2)15-17(28)24-13(19(30)34-5)9-36-37-10-14(20(31)35-6)25-18(29)16(12(3)4)27-22(33)23(7-8-23)21(32)26-15/h11-16H,7-10H2,1-6H3,(H,24,28)(H,25,29)(H,26,32)(H,27,33). The first-order chi connectivity index (χ1) is 17.4. The second kappa shape index (κ2) is 13.4. The van der Waals surface area contributed by atoms with Crippen LogP contribution in [0, 0.1) is 17.3 Å². The smallest absolute Gasteiger partial charge is 0.329 e. The average Bonchev–Trinajstić information content (AvgIpc) is 3.66. The van der Waals surface area contributed by atoms with E-state index >= 15 is 0 Å². The molecule has 0 aromatic heterocycles. The van der Waals surface area contributed by atoms with Gasteiger partial charge in [0.05, 0.1) is 14.2 Å². The average molecular weight is 561 g/mol. The normalized spacial score (nSPS) is 27.5. The van der Waals surface area contributed by atoms with Gasteiger partial charge in [-0.2, -0.15) is 0 Å². The second-order valence-electron chi connectivity index (χ2n) is 9.71. The number of carbonyl (C=O) groups is 6. The molecule has 2 rings (SSSR count). The van der Waals surface area contributed by atoms with Gasteiger partial charge in [-0.15, -0.1) is 0 Å². The van der Waals surface area contributed by atoms with E-state index in [9.17, 15) is 28.8 Å². The molecule has 2 aliphatic rings. The van der Waals surface area contributed by atoms with Gasteiger partial charge in [-0.3, -0.25) is 19.2 Å². The van der Waals surface area contributed by atoms with Gasteiger partial charge in [-0.05, 0) is 24.7 Å². The lowest BCUT2D eigenvalue weighted by atomic mass is 9.97. The molecule has 208 valence electrons. The van der Waals surface area contributed by atoms with E-state index in [1.807, 2.05) is 0 Å². The molecule has 1 aliphatic heterocycles. The number of ether oxygens (including phenoxy) is 2. The Morgan fingerprint density at radius 1 is 0.730 bits per heavy atom. The van der Waals surface area contributed by atoms with Gasteiger partial charge >= 0.3 is 11.9 Å². The fourth-order valence-electron chi connectivity index (χ4n) is 3.69. The summed E-state index contributed by atoms with van der Waals surface area (Å²) in [5.74, 6) is -4.28. The Morgan fingerprint density at radius 3 is 1.35 bits per heavy atom. The zero-order valence-electron chi connectivity index (χ0n) is 21.9. The van der Waals surface area contributed by atoms with Crippen molar-refractivity contribution in [3.05, 3.63) is 0 Å². The van der Waals surface area contributed by atoms with Crippen molar-refractivity contribution in [2.45, 2.75) is 64.7 Å².